The Balaban J connectivity index is 1.41. The minimum absolute atomic E-state index is 0.115. The number of hydrogen-bond acceptors (Lipinski definition) is 5. The molecule has 2 atom stereocenters. The second kappa shape index (κ2) is 9.85. The van der Waals surface area contributed by atoms with Crippen LogP contribution in [0.1, 0.15) is 18.4 Å². The van der Waals surface area contributed by atoms with Crippen LogP contribution >= 0.6 is 0 Å². The van der Waals surface area contributed by atoms with Crippen molar-refractivity contribution >= 4 is 16.6 Å². The van der Waals surface area contributed by atoms with Crippen molar-refractivity contribution in [2.24, 2.45) is 5.92 Å². The number of nitrogens with zero attached hydrogens (tertiary/aromatic N) is 3. The molecule has 4 heterocycles. The lowest BCUT2D eigenvalue weighted by molar-refractivity contribution is 0.146. The molecule has 4 aromatic rings. The Labute approximate surface area is 192 Å². The number of alkyl halides is 1. The van der Waals surface area contributed by atoms with Gasteiger partial charge in [-0.2, -0.15) is 0 Å². The molecule has 5 rings (SSSR count). The standard InChI is InChI=1S/C26H29FN4O2/c1-32-13-14-33-21-10-12-31-24(17-29-25(31)15-21)23-8-7-20-4-2-3-19(26(20)30-23)6-5-18-9-11-28-16-22(18)27/h2-4,7-8,10,12,15,17-18,22,28H,5-6,9,11,13-14,16H2,1H3/t18-,22-/m1/s1. The number of para-hydroxylation sites is 1. The largest absolute Gasteiger partial charge is 0.491 e. The molecule has 1 aliphatic heterocycles. The van der Waals surface area contributed by atoms with Crippen LogP contribution in [0.15, 0.2) is 54.9 Å². The topological polar surface area (TPSA) is 60.7 Å². The van der Waals surface area contributed by atoms with Crippen molar-refractivity contribution in [3.8, 4) is 17.1 Å². The highest BCUT2D eigenvalue weighted by molar-refractivity contribution is 5.84. The first-order chi connectivity index (χ1) is 16.2. The van der Waals surface area contributed by atoms with E-state index in [1.807, 2.05) is 35.0 Å². The number of aromatic nitrogens is 3. The first-order valence-corrected chi connectivity index (χ1v) is 11.6. The van der Waals surface area contributed by atoms with Crippen LogP contribution in [-0.2, 0) is 11.2 Å². The van der Waals surface area contributed by atoms with Crippen molar-refractivity contribution in [3.05, 3.63) is 60.4 Å². The second-order valence-corrected chi connectivity index (χ2v) is 8.57. The Morgan fingerprint density at radius 3 is 3.00 bits per heavy atom. The highest BCUT2D eigenvalue weighted by Crippen LogP contribution is 2.28. The van der Waals surface area contributed by atoms with Crippen LogP contribution in [0.25, 0.3) is 27.9 Å². The Morgan fingerprint density at radius 2 is 2.12 bits per heavy atom. The van der Waals surface area contributed by atoms with Gasteiger partial charge in [0.1, 0.15) is 24.2 Å². The smallest absolute Gasteiger partial charge is 0.140 e. The Morgan fingerprint density at radius 1 is 1.18 bits per heavy atom. The molecule has 172 valence electrons. The maximum absolute atomic E-state index is 14.3. The molecule has 3 aromatic heterocycles. The predicted molar refractivity (Wildman–Crippen MR) is 127 cm³/mol. The zero-order chi connectivity index (χ0) is 22.6. The van der Waals surface area contributed by atoms with Gasteiger partial charge in [-0.25, -0.2) is 14.4 Å². The molecule has 0 aliphatic carbocycles. The number of aryl methyl sites for hydroxylation is 1. The minimum Gasteiger partial charge on any atom is -0.491 e. The quantitative estimate of drug-likeness (QED) is 0.404. The van der Waals surface area contributed by atoms with Crippen LogP contribution in [-0.4, -0.2) is 54.0 Å². The lowest BCUT2D eigenvalue weighted by Gasteiger charge is -2.26. The average molecular weight is 449 g/mol. The molecular formula is C26H29FN4O2. The Kier molecular flexibility index (Phi) is 6.51. The highest BCUT2D eigenvalue weighted by Gasteiger charge is 2.24. The number of methoxy groups -OCH3 is 1. The van der Waals surface area contributed by atoms with Gasteiger partial charge in [0.05, 0.1) is 29.7 Å². The predicted octanol–water partition coefficient (Wildman–Crippen LogP) is 4.45. The van der Waals surface area contributed by atoms with Gasteiger partial charge < -0.3 is 14.8 Å². The molecule has 0 saturated carbocycles. The van der Waals surface area contributed by atoms with Crippen molar-refractivity contribution in [1.29, 1.82) is 0 Å². The van der Waals surface area contributed by atoms with Crippen LogP contribution in [0.4, 0.5) is 4.39 Å². The summed E-state index contributed by atoms with van der Waals surface area (Å²) in [5.74, 6) is 0.873. The van der Waals surface area contributed by atoms with E-state index in [-0.39, 0.29) is 5.92 Å². The number of ether oxygens (including phenoxy) is 2. The van der Waals surface area contributed by atoms with Gasteiger partial charge in [-0.3, -0.25) is 4.40 Å². The van der Waals surface area contributed by atoms with Crippen molar-refractivity contribution in [3.63, 3.8) is 0 Å². The average Bonchev–Trinajstić information content (AvgIpc) is 3.27. The summed E-state index contributed by atoms with van der Waals surface area (Å²) in [7, 11) is 1.65. The Bertz CT molecular complexity index is 1240. The van der Waals surface area contributed by atoms with Gasteiger partial charge in [-0.15, -0.1) is 0 Å². The first-order valence-electron chi connectivity index (χ1n) is 11.6. The van der Waals surface area contributed by atoms with E-state index in [1.54, 1.807) is 7.11 Å². The van der Waals surface area contributed by atoms with E-state index in [2.05, 4.69) is 34.6 Å². The van der Waals surface area contributed by atoms with Gasteiger partial charge >= 0.3 is 0 Å². The van der Waals surface area contributed by atoms with Crippen molar-refractivity contribution < 1.29 is 13.9 Å². The minimum atomic E-state index is -0.765. The fraction of sp³-hybridized carbons (Fsp3) is 0.385. The number of hydrogen-bond donors (Lipinski definition) is 1. The van der Waals surface area contributed by atoms with Gasteiger partial charge in [-0.1, -0.05) is 24.3 Å². The molecule has 1 aliphatic rings. The summed E-state index contributed by atoms with van der Waals surface area (Å²) in [6, 6.07) is 14.2. The van der Waals surface area contributed by atoms with E-state index in [4.69, 9.17) is 14.5 Å². The first kappa shape index (κ1) is 21.8. The third-order valence-corrected chi connectivity index (χ3v) is 6.43. The fourth-order valence-electron chi connectivity index (χ4n) is 4.58. The molecular weight excluding hydrogens is 419 g/mol. The van der Waals surface area contributed by atoms with E-state index in [1.165, 1.54) is 5.56 Å². The molecule has 1 aromatic carbocycles. The van der Waals surface area contributed by atoms with E-state index in [9.17, 15) is 4.39 Å². The number of nitrogens with one attached hydrogen (secondary N) is 1. The van der Waals surface area contributed by atoms with Gasteiger partial charge in [0.15, 0.2) is 0 Å². The number of halogens is 1. The van der Waals surface area contributed by atoms with Crippen LogP contribution in [0.3, 0.4) is 0 Å². The van der Waals surface area contributed by atoms with Crippen molar-refractivity contribution in [1.82, 2.24) is 19.7 Å². The SMILES string of the molecule is COCCOc1ccn2c(-c3ccc4cccc(CC[C@@H]5CCNC[C@H]5F)c4n3)cnc2c1. The molecule has 1 fully saturated rings. The summed E-state index contributed by atoms with van der Waals surface area (Å²) in [4.78, 5) is 9.58. The van der Waals surface area contributed by atoms with Gasteiger partial charge in [0.25, 0.3) is 0 Å². The van der Waals surface area contributed by atoms with Gasteiger partial charge in [0, 0.05) is 31.3 Å². The lowest BCUT2D eigenvalue weighted by Crippen LogP contribution is -2.38. The van der Waals surface area contributed by atoms with Gasteiger partial charge in [0.2, 0.25) is 0 Å². The molecule has 0 unspecified atom stereocenters. The third kappa shape index (κ3) is 4.70. The number of rotatable bonds is 8. The molecule has 0 spiro atoms. The highest BCUT2D eigenvalue weighted by atomic mass is 19.1. The molecule has 7 heteroatoms. The zero-order valence-electron chi connectivity index (χ0n) is 18.8. The maximum atomic E-state index is 14.3. The molecule has 33 heavy (non-hydrogen) atoms. The second-order valence-electron chi connectivity index (χ2n) is 8.57. The fourth-order valence-corrected chi connectivity index (χ4v) is 4.58. The summed E-state index contributed by atoms with van der Waals surface area (Å²) in [5.41, 5.74) is 4.74. The zero-order valence-corrected chi connectivity index (χ0v) is 18.8. The van der Waals surface area contributed by atoms with E-state index >= 15 is 0 Å². The summed E-state index contributed by atoms with van der Waals surface area (Å²) < 4.78 is 27.0. The summed E-state index contributed by atoms with van der Waals surface area (Å²) in [6.45, 7) is 2.40. The van der Waals surface area contributed by atoms with E-state index < -0.39 is 6.17 Å². The molecule has 0 radical (unpaired) electrons. The number of pyridine rings is 2. The summed E-state index contributed by atoms with van der Waals surface area (Å²) >= 11 is 0. The van der Waals surface area contributed by atoms with Crippen molar-refractivity contribution in [2.75, 3.05) is 33.4 Å². The van der Waals surface area contributed by atoms with Crippen LogP contribution < -0.4 is 10.1 Å². The summed E-state index contributed by atoms with van der Waals surface area (Å²) in [5, 5.41) is 4.24. The number of benzene rings is 1. The van der Waals surface area contributed by atoms with Gasteiger partial charge in [-0.05, 0) is 49.4 Å². The van der Waals surface area contributed by atoms with E-state index in [0.717, 1.165) is 59.5 Å². The normalized spacial score (nSPS) is 18.7. The molecule has 0 amide bonds. The molecule has 6 nitrogen and oxygen atoms in total. The number of imidazole rings is 1. The third-order valence-electron chi connectivity index (χ3n) is 6.43. The lowest BCUT2D eigenvalue weighted by atomic mass is 9.89. The van der Waals surface area contributed by atoms with Crippen molar-refractivity contribution in [2.45, 2.75) is 25.4 Å². The van der Waals surface area contributed by atoms with Crippen LogP contribution in [0, 0.1) is 5.92 Å². The van der Waals surface area contributed by atoms with Crippen LogP contribution in [0.2, 0.25) is 0 Å². The molecule has 0 bridgehead atoms. The van der Waals surface area contributed by atoms with Crippen LogP contribution in [0.5, 0.6) is 5.75 Å². The molecule has 1 saturated heterocycles. The monoisotopic (exact) mass is 448 g/mol. The number of fused-ring (bicyclic) bond motifs is 2. The summed E-state index contributed by atoms with van der Waals surface area (Å²) in [6.07, 6.45) is 5.59. The maximum Gasteiger partial charge on any atom is 0.140 e. The van der Waals surface area contributed by atoms with E-state index in [0.29, 0.717) is 19.8 Å². The number of piperidine rings is 1. The molecule has 1 N–H and O–H groups in total. The Hall–Kier alpha value is -3.03.